The van der Waals surface area contributed by atoms with Crippen molar-refractivity contribution in [1.29, 1.82) is 0 Å². The number of aryl methyl sites for hydroxylation is 1. The van der Waals surface area contributed by atoms with Gasteiger partial charge < -0.3 is 5.11 Å². The standard InChI is InChI=1S/C12H15ClN2O2S/c1-8-4-9(13)15-10(14-8)6-18-7-12(2-3-12)5-11(16)17/h4H,2-3,5-7H2,1H3,(H,16,17). The van der Waals surface area contributed by atoms with E-state index < -0.39 is 5.97 Å². The lowest BCUT2D eigenvalue weighted by molar-refractivity contribution is -0.138. The topological polar surface area (TPSA) is 63.1 Å². The van der Waals surface area contributed by atoms with Crippen molar-refractivity contribution in [2.24, 2.45) is 5.41 Å². The molecule has 0 spiro atoms. The highest BCUT2D eigenvalue weighted by Crippen LogP contribution is 2.51. The van der Waals surface area contributed by atoms with Crippen LogP contribution in [0.1, 0.15) is 30.8 Å². The fraction of sp³-hybridized carbons (Fsp3) is 0.583. The Morgan fingerprint density at radius 1 is 1.56 bits per heavy atom. The summed E-state index contributed by atoms with van der Waals surface area (Å²) in [6.07, 6.45) is 2.30. The molecule has 0 atom stereocenters. The van der Waals surface area contributed by atoms with E-state index in [2.05, 4.69) is 9.97 Å². The van der Waals surface area contributed by atoms with Gasteiger partial charge in [-0.05, 0) is 37.0 Å². The van der Waals surface area contributed by atoms with Crippen molar-refractivity contribution in [2.75, 3.05) is 5.75 Å². The zero-order valence-electron chi connectivity index (χ0n) is 10.1. The summed E-state index contributed by atoms with van der Waals surface area (Å²) in [6.45, 7) is 1.88. The van der Waals surface area contributed by atoms with Crippen molar-refractivity contribution in [3.8, 4) is 0 Å². The van der Waals surface area contributed by atoms with Gasteiger partial charge >= 0.3 is 5.97 Å². The van der Waals surface area contributed by atoms with Crippen LogP contribution in [0.2, 0.25) is 5.15 Å². The second kappa shape index (κ2) is 5.45. The van der Waals surface area contributed by atoms with Gasteiger partial charge in [0.05, 0.1) is 12.2 Å². The van der Waals surface area contributed by atoms with E-state index in [0.717, 1.165) is 30.1 Å². The van der Waals surface area contributed by atoms with Gasteiger partial charge in [0.1, 0.15) is 11.0 Å². The maximum Gasteiger partial charge on any atom is 0.303 e. The molecule has 0 unspecified atom stereocenters. The van der Waals surface area contributed by atoms with Gasteiger partial charge in [0.25, 0.3) is 0 Å². The Morgan fingerprint density at radius 2 is 2.28 bits per heavy atom. The number of aliphatic carboxylic acids is 1. The molecule has 0 aromatic carbocycles. The van der Waals surface area contributed by atoms with Crippen LogP contribution >= 0.6 is 23.4 Å². The predicted octanol–water partition coefficient (Wildman–Crippen LogP) is 2.93. The molecule has 18 heavy (non-hydrogen) atoms. The summed E-state index contributed by atoms with van der Waals surface area (Å²) in [5.74, 6) is 1.55. The van der Waals surface area contributed by atoms with E-state index in [9.17, 15) is 4.79 Å². The Balaban J connectivity index is 1.83. The minimum absolute atomic E-state index is 0.0180. The number of rotatable bonds is 6. The van der Waals surface area contributed by atoms with Gasteiger partial charge in [0.15, 0.2) is 0 Å². The molecule has 98 valence electrons. The highest BCUT2D eigenvalue weighted by atomic mass is 35.5. The van der Waals surface area contributed by atoms with Crippen LogP contribution in [0.25, 0.3) is 0 Å². The SMILES string of the molecule is Cc1cc(Cl)nc(CSCC2(CC(=O)O)CC2)n1. The molecule has 1 aliphatic carbocycles. The van der Waals surface area contributed by atoms with Crippen molar-refractivity contribution >= 4 is 29.3 Å². The quantitative estimate of drug-likeness (QED) is 0.815. The van der Waals surface area contributed by atoms with Crippen LogP contribution in [0.15, 0.2) is 6.07 Å². The Morgan fingerprint density at radius 3 is 2.83 bits per heavy atom. The number of aromatic nitrogens is 2. The number of carbonyl (C=O) groups is 1. The van der Waals surface area contributed by atoms with Crippen LogP contribution in [-0.2, 0) is 10.5 Å². The molecule has 0 bridgehead atoms. The van der Waals surface area contributed by atoms with Gasteiger partial charge in [0, 0.05) is 5.69 Å². The number of carboxylic acids is 1. The van der Waals surface area contributed by atoms with Gasteiger partial charge in [-0.2, -0.15) is 11.8 Å². The summed E-state index contributed by atoms with van der Waals surface area (Å²) in [7, 11) is 0. The van der Waals surface area contributed by atoms with Crippen LogP contribution in [0.4, 0.5) is 0 Å². The van der Waals surface area contributed by atoms with Crippen LogP contribution in [-0.4, -0.2) is 26.8 Å². The van der Waals surface area contributed by atoms with Gasteiger partial charge in [0.2, 0.25) is 0 Å². The summed E-state index contributed by atoms with van der Waals surface area (Å²) in [6, 6.07) is 1.72. The fourth-order valence-corrected chi connectivity index (χ4v) is 3.37. The van der Waals surface area contributed by atoms with Crippen LogP contribution < -0.4 is 0 Å². The fourth-order valence-electron chi connectivity index (χ4n) is 1.88. The second-order valence-electron chi connectivity index (χ2n) is 4.81. The largest absolute Gasteiger partial charge is 0.481 e. The van der Waals surface area contributed by atoms with Gasteiger partial charge in [-0.15, -0.1) is 0 Å². The zero-order valence-corrected chi connectivity index (χ0v) is 11.7. The van der Waals surface area contributed by atoms with E-state index in [-0.39, 0.29) is 11.8 Å². The lowest BCUT2D eigenvalue weighted by Crippen LogP contribution is -2.11. The van der Waals surface area contributed by atoms with Crippen molar-refractivity contribution < 1.29 is 9.90 Å². The van der Waals surface area contributed by atoms with E-state index in [1.54, 1.807) is 17.8 Å². The molecule has 1 aliphatic rings. The number of halogens is 1. The number of nitrogens with zero attached hydrogens (tertiary/aromatic N) is 2. The van der Waals surface area contributed by atoms with Crippen molar-refractivity contribution in [3.63, 3.8) is 0 Å². The average molecular weight is 287 g/mol. The van der Waals surface area contributed by atoms with Crippen molar-refractivity contribution in [2.45, 2.75) is 31.9 Å². The number of hydrogen-bond acceptors (Lipinski definition) is 4. The van der Waals surface area contributed by atoms with Crippen LogP contribution in [0.5, 0.6) is 0 Å². The summed E-state index contributed by atoms with van der Waals surface area (Å²) < 4.78 is 0. The minimum atomic E-state index is -0.706. The first-order valence-corrected chi connectivity index (χ1v) is 7.32. The lowest BCUT2D eigenvalue weighted by atomic mass is 10.1. The lowest BCUT2D eigenvalue weighted by Gasteiger charge is -2.11. The summed E-state index contributed by atoms with van der Waals surface area (Å²) in [5.41, 5.74) is 0.877. The van der Waals surface area contributed by atoms with Crippen molar-refractivity contribution in [1.82, 2.24) is 9.97 Å². The van der Waals surface area contributed by atoms with E-state index in [0.29, 0.717) is 10.9 Å². The number of thioether (sulfide) groups is 1. The molecule has 0 aliphatic heterocycles. The molecule has 1 N–H and O–H groups in total. The first-order valence-electron chi connectivity index (χ1n) is 5.79. The van der Waals surface area contributed by atoms with Gasteiger partial charge in [-0.25, -0.2) is 9.97 Å². The second-order valence-corrected chi connectivity index (χ2v) is 6.18. The highest BCUT2D eigenvalue weighted by Gasteiger charge is 2.44. The molecule has 1 aromatic heterocycles. The molecule has 1 heterocycles. The van der Waals surface area contributed by atoms with E-state index >= 15 is 0 Å². The smallest absolute Gasteiger partial charge is 0.303 e. The highest BCUT2D eigenvalue weighted by molar-refractivity contribution is 7.98. The molecule has 0 amide bonds. The molecular weight excluding hydrogens is 272 g/mol. The summed E-state index contributed by atoms with van der Waals surface area (Å²) in [5, 5.41) is 9.29. The maximum atomic E-state index is 10.7. The number of carboxylic acid groups (broad SMARTS) is 1. The van der Waals surface area contributed by atoms with E-state index in [1.807, 2.05) is 6.92 Å². The molecule has 1 fully saturated rings. The zero-order chi connectivity index (χ0) is 13.2. The van der Waals surface area contributed by atoms with Gasteiger partial charge in [-0.1, -0.05) is 11.6 Å². The molecule has 1 saturated carbocycles. The monoisotopic (exact) mass is 286 g/mol. The molecule has 2 rings (SSSR count). The molecule has 4 nitrogen and oxygen atoms in total. The Hall–Kier alpha value is -0.810. The third-order valence-electron chi connectivity index (χ3n) is 2.99. The maximum absolute atomic E-state index is 10.7. The third-order valence-corrected chi connectivity index (χ3v) is 4.46. The molecule has 0 saturated heterocycles. The van der Waals surface area contributed by atoms with Crippen LogP contribution in [0, 0.1) is 12.3 Å². The number of hydrogen-bond donors (Lipinski definition) is 1. The minimum Gasteiger partial charge on any atom is -0.481 e. The normalized spacial score (nSPS) is 16.6. The first-order chi connectivity index (χ1) is 8.49. The predicted molar refractivity (Wildman–Crippen MR) is 71.9 cm³/mol. The Labute approximate surface area is 115 Å². The average Bonchev–Trinajstić information content (AvgIpc) is 2.95. The van der Waals surface area contributed by atoms with E-state index in [1.165, 1.54) is 0 Å². The molecule has 6 heteroatoms. The Kier molecular flexibility index (Phi) is 4.12. The molecule has 1 aromatic rings. The third kappa shape index (κ3) is 3.85. The molecular formula is C12H15ClN2O2S. The molecule has 0 radical (unpaired) electrons. The van der Waals surface area contributed by atoms with Gasteiger partial charge in [-0.3, -0.25) is 4.79 Å². The van der Waals surface area contributed by atoms with Crippen LogP contribution in [0.3, 0.4) is 0 Å². The summed E-state index contributed by atoms with van der Waals surface area (Å²) >= 11 is 7.55. The first kappa shape index (κ1) is 13.6. The van der Waals surface area contributed by atoms with E-state index in [4.69, 9.17) is 16.7 Å². The van der Waals surface area contributed by atoms with Crippen molar-refractivity contribution in [3.05, 3.63) is 22.7 Å². The summed E-state index contributed by atoms with van der Waals surface area (Å²) in [4.78, 5) is 19.2. The Bertz CT molecular complexity index is 443.